The van der Waals surface area contributed by atoms with Gasteiger partial charge < -0.3 is 23.8 Å². The fourth-order valence-corrected chi connectivity index (χ4v) is 5.84. The highest BCUT2D eigenvalue weighted by atomic mass is 32.2. The van der Waals surface area contributed by atoms with Crippen molar-refractivity contribution in [3.05, 3.63) is 17.7 Å². The van der Waals surface area contributed by atoms with Gasteiger partial charge in [0.05, 0.1) is 37.4 Å². The van der Waals surface area contributed by atoms with Crippen molar-refractivity contribution in [2.75, 3.05) is 44.5 Å². The Morgan fingerprint density at radius 3 is 2.19 bits per heavy atom. The van der Waals surface area contributed by atoms with E-state index in [4.69, 9.17) is 18.9 Å². The molecule has 0 unspecified atom stereocenters. The van der Waals surface area contributed by atoms with Crippen molar-refractivity contribution in [2.45, 2.75) is 52.2 Å². The Balaban J connectivity index is 1.96. The van der Waals surface area contributed by atoms with Gasteiger partial charge in [0.1, 0.15) is 0 Å². The van der Waals surface area contributed by atoms with Crippen LogP contribution < -0.4 is 14.2 Å². The zero-order chi connectivity index (χ0) is 22.4. The molecular weight excluding hydrogens is 422 g/mol. The van der Waals surface area contributed by atoms with Crippen molar-refractivity contribution in [1.82, 2.24) is 4.90 Å². The van der Waals surface area contributed by atoms with E-state index in [2.05, 4.69) is 0 Å². The van der Waals surface area contributed by atoms with Gasteiger partial charge in [0.25, 0.3) is 5.91 Å². The van der Waals surface area contributed by atoms with Crippen LogP contribution in [0.4, 0.5) is 0 Å². The molecule has 9 heteroatoms. The number of carbonyl (C=O) groups is 1. The van der Waals surface area contributed by atoms with E-state index in [1.807, 2.05) is 20.8 Å². The maximum absolute atomic E-state index is 13.6. The second-order valence-corrected chi connectivity index (χ2v) is 9.98. The molecule has 0 bridgehead atoms. The van der Waals surface area contributed by atoms with Crippen LogP contribution in [0.15, 0.2) is 12.1 Å². The molecule has 0 aliphatic carbocycles. The number of benzene rings is 1. The van der Waals surface area contributed by atoms with Gasteiger partial charge in [-0.2, -0.15) is 0 Å². The van der Waals surface area contributed by atoms with Gasteiger partial charge in [-0.15, -0.1) is 0 Å². The SMILES string of the molecule is CCOc1cc(C(=O)N(C[C@@H]2CCCO2)[C@H]2CCS(=O)(=O)C2)cc(OCC)c1OCC. The first kappa shape index (κ1) is 23.7. The van der Waals surface area contributed by atoms with E-state index in [1.54, 1.807) is 17.0 Å². The molecule has 3 rings (SSSR count). The van der Waals surface area contributed by atoms with Crippen molar-refractivity contribution in [2.24, 2.45) is 0 Å². The van der Waals surface area contributed by atoms with Crippen LogP contribution in [0.2, 0.25) is 0 Å². The first-order valence-corrected chi connectivity index (χ1v) is 12.9. The quantitative estimate of drug-likeness (QED) is 0.536. The zero-order valence-electron chi connectivity index (χ0n) is 18.6. The Labute approximate surface area is 184 Å². The molecular formula is C22H33NO7S. The number of amides is 1. The molecule has 2 heterocycles. The predicted molar refractivity (Wildman–Crippen MR) is 117 cm³/mol. The molecule has 1 aromatic rings. The maximum atomic E-state index is 13.6. The molecule has 0 N–H and O–H groups in total. The third kappa shape index (κ3) is 5.83. The minimum absolute atomic E-state index is 0.0148. The Morgan fingerprint density at radius 2 is 1.71 bits per heavy atom. The monoisotopic (exact) mass is 455 g/mol. The number of carbonyl (C=O) groups excluding carboxylic acids is 1. The number of nitrogens with zero attached hydrogens (tertiary/aromatic N) is 1. The topological polar surface area (TPSA) is 91.4 Å². The Morgan fingerprint density at radius 1 is 1.06 bits per heavy atom. The fraction of sp³-hybridized carbons (Fsp3) is 0.682. The largest absolute Gasteiger partial charge is 0.490 e. The first-order chi connectivity index (χ1) is 14.9. The van der Waals surface area contributed by atoms with Crippen molar-refractivity contribution < 1.29 is 32.2 Å². The summed E-state index contributed by atoms with van der Waals surface area (Å²) < 4.78 is 47.2. The summed E-state index contributed by atoms with van der Waals surface area (Å²) in [5.41, 5.74) is 0.387. The number of sulfone groups is 1. The molecule has 2 saturated heterocycles. The first-order valence-electron chi connectivity index (χ1n) is 11.1. The molecule has 0 spiro atoms. The van der Waals surface area contributed by atoms with Crippen molar-refractivity contribution >= 4 is 15.7 Å². The molecule has 174 valence electrons. The van der Waals surface area contributed by atoms with Gasteiger partial charge in [0, 0.05) is 24.8 Å². The summed E-state index contributed by atoms with van der Waals surface area (Å²) in [6.45, 7) is 7.87. The summed E-state index contributed by atoms with van der Waals surface area (Å²) in [4.78, 5) is 15.3. The van der Waals surface area contributed by atoms with E-state index < -0.39 is 9.84 Å². The standard InChI is InChI=1S/C22H33NO7S/c1-4-27-19-12-16(13-20(28-5-2)21(19)29-6-3)22(24)23(14-18-8-7-10-30-18)17-9-11-31(25,26)15-17/h12-13,17-18H,4-11,14-15H2,1-3H3/t17-,18-/m0/s1. The number of hydrogen-bond acceptors (Lipinski definition) is 7. The lowest BCUT2D eigenvalue weighted by molar-refractivity contribution is 0.0440. The number of ether oxygens (including phenoxy) is 4. The maximum Gasteiger partial charge on any atom is 0.254 e. The smallest absolute Gasteiger partial charge is 0.254 e. The van der Waals surface area contributed by atoms with E-state index in [1.165, 1.54) is 0 Å². The third-order valence-electron chi connectivity index (χ3n) is 5.49. The van der Waals surface area contributed by atoms with Crippen LogP contribution in [0.5, 0.6) is 17.2 Å². The molecule has 1 amide bonds. The highest BCUT2D eigenvalue weighted by molar-refractivity contribution is 7.91. The molecule has 0 radical (unpaired) electrons. The molecule has 2 fully saturated rings. The Bertz CT molecular complexity index is 838. The molecule has 0 saturated carbocycles. The summed E-state index contributed by atoms with van der Waals surface area (Å²) in [6, 6.07) is 2.95. The minimum Gasteiger partial charge on any atom is -0.490 e. The van der Waals surface area contributed by atoms with Gasteiger partial charge in [0.15, 0.2) is 21.3 Å². The van der Waals surface area contributed by atoms with E-state index in [-0.39, 0.29) is 29.6 Å². The van der Waals surface area contributed by atoms with Gasteiger partial charge in [-0.3, -0.25) is 4.79 Å². The molecule has 31 heavy (non-hydrogen) atoms. The van der Waals surface area contributed by atoms with Crippen LogP contribution in [0.3, 0.4) is 0 Å². The summed E-state index contributed by atoms with van der Waals surface area (Å²) in [5.74, 6) is 1.19. The second-order valence-electron chi connectivity index (χ2n) is 7.75. The normalized spacial score (nSPS) is 22.3. The molecule has 2 aliphatic heterocycles. The van der Waals surface area contributed by atoms with Crippen LogP contribution in [0.1, 0.15) is 50.4 Å². The summed E-state index contributed by atoms with van der Waals surface area (Å²) >= 11 is 0. The van der Waals surface area contributed by atoms with Crippen LogP contribution in [-0.4, -0.2) is 75.8 Å². The van der Waals surface area contributed by atoms with Gasteiger partial charge in [-0.25, -0.2) is 8.42 Å². The lowest BCUT2D eigenvalue weighted by Crippen LogP contribution is -2.45. The van der Waals surface area contributed by atoms with Crippen LogP contribution in [-0.2, 0) is 14.6 Å². The van der Waals surface area contributed by atoms with Gasteiger partial charge in [-0.05, 0) is 52.2 Å². The Kier molecular flexibility index (Phi) is 8.05. The van der Waals surface area contributed by atoms with E-state index in [0.29, 0.717) is 62.2 Å². The molecule has 8 nitrogen and oxygen atoms in total. The average molecular weight is 456 g/mol. The summed E-state index contributed by atoms with van der Waals surface area (Å²) in [5, 5.41) is 0. The van der Waals surface area contributed by atoms with E-state index >= 15 is 0 Å². The lowest BCUT2D eigenvalue weighted by Gasteiger charge is -2.31. The molecule has 1 aromatic carbocycles. The van der Waals surface area contributed by atoms with Crippen molar-refractivity contribution in [3.8, 4) is 17.2 Å². The third-order valence-corrected chi connectivity index (χ3v) is 7.24. The van der Waals surface area contributed by atoms with E-state index in [9.17, 15) is 13.2 Å². The highest BCUT2D eigenvalue weighted by Crippen LogP contribution is 2.40. The van der Waals surface area contributed by atoms with Gasteiger partial charge in [-0.1, -0.05) is 0 Å². The van der Waals surface area contributed by atoms with Crippen LogP contribution in [0.25, 0.3) is 0 Å². The van der Waals surface area contributed by atoms with Gasteiger partial charge >= 0.3 is 0 Å². The lowest BCUT2D eigenvalue weighted by atomic mass is 10.1. The van der Waals surface area contributed by atoms with Crippen molar-refractivity contribution in [1.29, 1.82) is 0 Å². The van der Waals surface area contributed by atoms with Crippen LogP contribution >= 0.6 is 0 Å². The fourth-order valence-electron chi connectivity index (χ4n) is 4.10. The highest BCUT2D eigenvalue weighted by Gasteiger charge is 2.37. The number of rotatable bonds is 10. The Hall–Kier alpha value is -2.00. The molecule has 0 aromatic heterocycles. The van der Waals surface area contributed by atoms with Crippen LogP contribution in [0, 0.1) is 0 Å². The summed E-state index contributed by atoms with van der Waals surface area (Å²) in [7, 11) is -3.14. The number of hydrogen-bond donors (Lipinski definition) is 0. The predicted octanol–water partition coefficient (Wildman–Crippen LogP) is 2.69. The second kappa shape index (κ2) is 10.5. The van der Waals surface area contributed by atoms with Gasteiger partial charge in [0.2, 0.25) is 5.75 Å². The molecule has 2 atom stereocenters. The molecule has 2 aliphatic rings. The average Bonchev–Trinajstić information content (AvgIpc) is 3.37. The van der Waals surface area contributed by atoms with E-state index in [0.717, 1.165) is 12.8 Å². The van der Waals surface area contributed by atoms with Crippen molar-refractivity contribution in [3.63, 3.8) is 0 Å². The minimum atomic E-state index is -3.14. The zero-order valence-corrected chi connectivity index (χ0v) is 19.4. The summed E-state index contributed by atoms with van der Waals surface area (Å²) in [6.07, 6.45) is 2.17.